The van der Waals surface area contributed by atoms with E-state index in [1.807, 2.05) is 23.2 Å². The van der Waals surface area contributed by atoms with E-state index >= 15 is 0 Å². The van der Waals surface area contributed by atoms with Gasteiger partial charge in [-0.15, -0.1) is 11.3 Å². The minimum atomic E-state index is -0.270. The summed E-state index contributed by atoms with van der Waals surface area (Å²) in [4.78, 5) is 12.2. The van der Waals surface area contributed by atoms with E-state index in [0.29, 0.717) is 24.9 Å². The van der Waals surface area contributed by atoms with Crippen LogP contribution < -0.4 is 4.80 Å². The molecule has 0 unspecified atom stereocenters. The molecule has 5 nitrogen and oxygen atoms in total. The number of ether oxygens (including phenoxy) is 1. The quantitative estimate of drug-likeness (QED) is 0.597. The highest BCUT2D eigenvalue weighted by Gasteiger charge is 2.15. The Morgan fingerprint density at radius 3 is 2.59 bits per heavy atom. The molecule has 1 aromatic heterocycles. The predicted molar refractivity (Wildman–Crippen MR) is 84.7 cm³/mol. The maximum Gasteiger partial charge on any atom is 0.228 e. The average molecular weight is 320 g/mol. The number of thiazole rings is 1. The molecule has 7 heteroatoms. The molecule has 0 spiro atoms. The maximum atomic E-state index is 13.0. The summed E-state index contributed by atoms with van der Waals surface area (Å²) in [7, 11) is 1.95. The first-order valence-corrected chi connectivity index (χ1v) is 7.92. The van der Waals surface area contributed by atoms with E-state index < -0.39 is 0 Å². The van der Waals surface area contributed by atoms with Crippen molar-refractivity contribution < 1.29 is 9.13 Å². The van der Waals surface area contributed by atoms with Crippen LogP contribution in [0.1, 0.15) is 0 Å². The van der Waals surface area contributed by atoms with Crippen LogP contribution in [0.15, 0.2) is 45.8 Å². The zero-order valence-corrected chi connectivity index (χ0v) is 13.1. The van der Waals surface area contributed by atoms with Crippen molar-refractivity contribution in [1.82, 2.24) is 9.47 Å². The number of aryl methyl sites for hydroxylation is 1. The highest BCUT2D eigenvalue weighted by atomic mass is 32.1. The van der Waals surface area contributed by atoms with E-state index in [1.165, 1.54) is 12.1 Å². The van der Waals surface area contributed by atoms with E-state index in [-0.39, 0.29) is 5.82 Å². The van der Waals surface area contributed by atoms with Crippen LogP contribution in [-0.2, 0) is 11.8 Å². The fourth-order valence-corrected chi connectivity index (χ4v) is 2.81. The highest BCUT2D eigenvalue weighted by Crippen LogP contribution is 2.14. The van der Waals surface area contributed by atoms with E-state index in [1.54, 1.807) is 23.5 Å². The van der Waals surface area contributed by atoms with Gasteiger partial charge in [0, 0.05) is 31.7 Å². The van der Waals surface area contributed by atoms with Crippen LogP contribution >= 0.6 is 11.3 Å². The molecule has 1 aliphatic heterocycles. The summed E-state index contributed by atoms with van der Waals surface area (Å²) in [6.45, 7) is 2.82. The van der Waals surface area contributed by atoms with Crippen LogP contribution in [0.5, 0.6) is 0 Å². The van der Waals surface area contributed by atoms with Gasteiger partial charge < -0.3 is 14.2 Å². The molecule has 0 saturated carbocycles. The Balaban J connectivity index is 1.98. The molecule has 0 N–H and O–H groups in total. The molecule has 1 aromatic carbocycles. The minimum Gasteiger partial charge on any atom is -0.378 e. The summed E-state index contributed by atoms with van der Waals surface area (Å²) in [5.41, 5.74) is 0.686. The number of morpholine rings is 1. The molecule has 2 aromatic rings. The second-order valence-electron chi connectivity index (χ2n) is 4.90. The lowest BCUT2D eigenvalue weighted by molar-refractivity contribution is 0.0675. The number of benzene rings is 1. The molecular weight excluding hydrogens is 303 g/mol. The molecule has 0 radical (unpaired) electrons. The van der Waals surface area contributed by atoms with Gasteiger partial charge in [0.2, 0.25) is 5.96 Å². The molecule has 3 rings (SSSR count). The maximum absolute atomic E-state index is 13.0. The largest absolute Gasteiger partial charge is 0.378 e. The third-order valence-corrected chi connectivity index (χ3v) is 4.15. The number of aromatic nitrogens is 1. The Morgan fingerprint density at radius 2 is 1.95 bits per heavy atom. The van der Waals surface area contributed by atoms with Crippen molar-refractivity contribution in [2.45, 2.75) is 0 Å². The van der Waals surface area contributed by atoms with Gasteiger partial charge in [-0.25, -0.2) is 9.38 Å². The first-order valence-electron chi connectivity index (χ1n) is 7.04. The van der Waals surface area contributed by atoms with Crippen molar-refractivity contribution in [1.29, 1.82) is 0 Å². The van der Waals surface area contributed by atoms with Crippen molar-refractivity contribution in [3.8, 4) is 0 Å². The van der Waals surface area contributed by atoms with E-state index in [9.17, 15) is 4.39 Å². The smallest absolute Gasteiger partial charge is 0.228 e. The van der Waals surface area contributed by atoms with Gasteiger partial charge in [-0.3, -0.25) is 0 Å². The number of nitrogens with zero attached hydrogens (tertiary/aromatic N) is 4. The fraction of sp³-hybridized carbons (Fsp3) is 0.333. The highest BCUT2D eigenvalue weighted by molar-refractivity contribution is 7.07. The summed E-state index contributed by atoms with van der Waals surface area (Å²) >= 11 is 1.55. The Bertz CT molecular complexity index is 714. The number of aliphatic imine (C=N–C) groups is 1. The van der Waals surface area contributed by atoms with Crippen molar-refractivity contribution in [2.75, 3.05) is 26.3 Å². The molecule has 0 aliphatic carbocycles. The molecule has 2 heterocycles. The van der Waals surface area contributed by atoms with Gasteiger partial charge in [-0.05, 0) is 24.3 Å². The number of hydrogen-bond donors (Lipinski definition) is 0. The van der Waals surface area contributed by atoms with Crippen molar-refractivity contribution in [3.63, 3.8) is 0 Å². The van der Waals surface area contributed by atoms with E-state index in [2.05, 4.69) is 14.9 Å². The zero-order valence-electron chi connectivity index (χ0n) is 12.3. The fourth-order valence-electron chi connectivity index (χ4n) is 2.08. The predicted octanol–water partition coefficient (Wildman–Crippen LogP) is 2.15. The Morgan fingerprint density at radius 1 is 1.23 bits per heavy atom. The van der Waals surface area contributed by atoms with Gasteiger partial charge in [-0.1, -0.05) is 0 Å². The molecule has 1 aliphatic rings. The summed E-state index contributed by atoms with van der Waals surface area (Å²) in [6.07, 6.45) is 1.96. The topological polar surface area (TPSA) is 42.1 Å². The molecule has 0 bridgehead atoms. The summed E-state index contributed by atoms with van der Waals surface area (Å²) < 4.78 is 20.4. The average Bonchev–Trinajstić information content (AvgIpc) is 2.95. The van der Waals surface area contributed by atoms with E-state index in [0.717, 1.165) is 17.9 Å². The lowest BCUT2D eigenvalue weighted by atomic mass is 10.3. The monoisotopic (exact) mass is 320 g/mol. The Kier molecular flexibility index (Phi) is 4.65. The lowest BCUT2D eigenvalue weighted by Gasteiger charge is -2.27. The van der Waals surface area contributed by atoms with Crippen LogP contribution in [-0.4, -0.2) is 41.7 Å². The van der Waals surface area contributed by atoms with Gasteiger partial charge in [0.25, 0.3) is 0 Å². The summed E-state index contributed by atoms with van der Waals surface area (Å²) in [5, 5.41) is 1.98. The first-order chi connectivity index (χ1) is 10.7. The number of guanidine groups is 1. The van der Waals surface area contributed by atoms with Crippen LogP contribution in [0, 0.1) is 5.82 Å². The van der Waals surface area contributed by atoms with Crippen molar-refractivity contribution >= 4 is 23.0 Å². The van der Waals surface area contributed by atoms with Crippen molar-refractivity contribution in [3.05, 3.63) is 46.5 Å². The Hall–Kier alpha value is -1.99. The molecule has 0 atom stereocenters. The van der Waals surface area contributed by atoms with Crippen LogP contribution in [0.2, 0.25) is 0 Å². The molecule has 1 saturated heterocycles. The SMILES string of the molecule is Cn1ccsc1=NC(=Nc1ccc(F)cc1)N1CCOCC1. The summed E-state index contributed by atoms with van der Waals surface area (Å²) in [5.74, 6) is 0.362. The van der Waals surface area contributed by atoms with Crippen molar-refractivity contribution in [2.24, 2.45) is 17.0 Å². The van der Waals surface area contributed by atoms with Gasteiger partial charge in [0.15, 0.2) is 4.80 Å². The van der Waals surface area contributed by atoms with Gasteiger partial charge in [0.05, 0.1) is 18.9 Å². The van der Waals surface area contributed by atoms with Crippen LogP contribution in [0.25, 0.3) is 0 Å². The number of rotatable bonds is 1. The molecule has 1 fully saturated rings. The first kappa shape index (κ1) is 14.9. The third-order valence-electron chi connectivity index (χ3n) is 3.30. The Labute approximate surface area is 132 Å². The number of hydrogen-bond acceptors (Lipinski definition) is 3. The lowest BCUT2D eigenvalue weighted by Crippen LogP contribution is -2.40. The standard InChI is InChI=1S/C15H17FN4OS/c1-19-8-11-22-15(19)18-14(20-6-9-21-10-7-20)17-13-4-2-12(16)3-5-13/h2-5,8,11H,6-7,9-10H2,1H3. The van der Waals surface area contributed by atoms with E-state index in [4.69, 9.17) is 4.74 Å². The minimum absolute atomic E-state index is 0.270. The molecule has 22 heavy (non-hydrogen) atoms. The molecular formula is C15H17FN4OS. The van der Waals surface area contributed by atoms with Gasteiger partial charge in [-0.2, -0.15) is 4.99 Å². The third kappa shape index (κ3) is 3.61. The van der Waals surface area contributed by atoms with Gasteiger partial charge in [0.1, 0.15) is 5.82 Å². The molecule has 116 valence electrons. The number of halogens is 1. The van der Waals surface area contributed by atoms with Crippen LogP contribution in [0.4, 0.5) is 10.1 Å². The summed E-state index contributed by atoms with van der Waals surface area (Å²) in [6, 6.07) is 6.11. The normalized spacial score (nSPS) is 17.1. The zero-order chi connectivity index (χ0) is 15.4. The second kappa shape index (κ2) is 6.85. The van der Waals surface area contributed by atoms with Gasteiger partial charge >= 0.3 is 0 Å². The second-order valence-corrected chi connectivity index (χ2v) is 5.77. The molecule has 0 amide bonds. The van der Waals surface area contributed by atoms with Crippen LogP contribution in [0.3, 0.4) is 0 Å².